The number of carboxylic acids is 1. The van der Waals surface area contributed by atoms with Crippen LogP contribution in [0.4, 0.5) is 10.5 Å². The number of likely N-dealkylation sites (N-methyl/N-ethyl adjacent to an activating group) is 1. The van der Waals surface area contributed by atoms with Gasteiger partial charge in [-0.05, 0) is 118 Å². The molecule has 1 aromatic carbocycles. The van der Waals surface area contributed by atoms with E-state index in [1.54, 1.807) is 43.5 Å². The number of anilines is 1. The first-order valence-corrected chi connectivity index (χ1v) is 23.5. The predicted molar refractivity (Wildman–Crippen MR) is 246 cm³/mol. The maximum Gasteiger partial charge on any atom is 0.410 e. The van der Waals surface area contributed by atoms with Gasteiger partial charge in [0.1, 0.15) is 29.9 Å². The number of aromatic nitrogens is 3. The number of methoxy groups -OCH3 is 1. The largest absolute Gasteiger partial charge is 0.480 e. The van der Waals surface area contributed by atoms with Gasteiger partial charge in [-0.2, -0.15) is 0 Å². The van der Waals surface area contributed by atoms with Crippen molar-refractivity contribution < 1.29 is 53.1 Å². The summed E-state index contributed by atoms with van der Waals surface area (Å²) < 4.78 is 33.6. The van der Waals surface area contributed by atoms with Crippen LogP contribution in [0.2, 0.25) is 0 Å². The average molecular weight is 929 g/mol. The number of nitrogens with zero attached hydrogens (tertiary/aromatic N) is 5. The van der Waals surface area contributed by atoms with Gasteiger partial charge >= 0.3 is 18.0 Å². The Labute approximate surface area is 389 Å². The number of aryl methyl sites for hydroxylation is 1. The van der Waals surface area contributed by atoms with E-state index in [-0.39, 0.29) is 31.0 Å². The number of hydrogen-bond donors (Lipinski definition) is 5. The van der Waals surface area contributed by atoms with Gasteiger partial charge in [0.05, 0.1) is 30.0 Å². The molecule has 3 aliphatic rings. The average Bonchev–Trinajstić information content (AvgIpc) is 3.85. The minimum atomic E-state index is -1.39. The number of Topliss-reactive ketones (excluding diaryl/α,β-unsaturated/α-hetero) is 1. The number of carbonyl (C=O) groups is 4. The Balaban J connectivity index is 1.47. The van der Waals surface area contributed by atoms with Crippen molar-refractivity contribution in [3.8, 4) is 11.3 Å². The highest BCUT2D eigenvalue weighted by Crippen LogP contribution is 2.41. The Morgan fingerprint density at radius 1 is 1.14 bits per heavy atom. The number of benzene rings is 1. The first-order chi connectivity index (χ1) is 31.1. The molecule has 3 aliphatic heterocycles. The van der Waals surface area contributed by atoms with Crippen molar-refractivity contribution in [2.24, 2.45) is 17.8 Å². The van der Waals surface area contributed by atoms with Gasteiger partial charge in [0.25, 0.3) is 0 Å². The zero-order chi connectivity index (χ0) is 48.7. The van der Waals surface area contributed by atoms with Crippen LogP contribution in [0.1, 0.15) is 93.9 Å². The summed E-state index contributed by atoms with van der Waals surface area (Å²) in [5, 5.41) is 36.7. The van der Waals surface area contributed by atoms with Crippen LogP contribution in [-0.4, -0.2) is 166 Å². The van der Waals surface area contributed by atoms with Crippen molar-refractivity contribution in [2.45, 2.75) is 167 Å². The second-order valence-corrected chi connectivity index (χ2v) is 19.4. The molecule has 1 amide bonds. The van der Waals surface area contributed by atoms with E-state index in [0.717, 1.165) is 5.56 Å². The summed E-state index contributed by atoms with van der Waals surface area (Å²) in [5.41, 5.74) is 5.62. The molecule has 0 radical (unpaired) electrons. The SMILES string of the molecule is CC[C@H]1OC(=O)[C@H](C)C(=O)[C@H](C)[C@@H](O[C@@H]2O[C@H](C)CC(N(C)C)C2O)[C@](C)(OC)C[C@@H](C)CN[C@H](CCN[C@@H](C)C(=O)O)[C@H]2N(CCCCn3cc(-c4cccc(N)c4)nn3)C(=O)O[C@]12C. The molecular formula is C47H76N8O11. The Hall–Kier alpha value is -4.24. The zero-order valence-electron chi connectivity index (χ0n) is 40.8. The number of fused-ring (bicyclic) bond motifs is 1. The van der Waals surface area contributed by atoms with Crippen LogP contribution in [0.25, 0.3) is 11.3 Å². The second-order valence-electron chi connectivity index (χ2n) is 19.4. The second kappa shape index (κ2) is 22.7. The first-order valence-electron chi connectivity index (χ1n) is 23.5. The Bertz CT molecular complexity index is 1950. The van der Waals surface area contributed by atoms with E-state index in [1.165, 1.54) is 6.92 Å². The van der Waals surface area contributed by atoms with Crippen molar-refractivity contribution in [2.75, 3.05) is 46.6 Å². The van der Waals surface area contributed by atoms with E-state index in [0.29, 0.717) is 63.1 Å². The molecule has 66 heavy (non-hydrogen) atoms. The smallest absolute Gasteiger partial charge is 0.410 e. The molecule has 2 unspecified atom stereocenters. The minimum absolute atomic E-state index is 0.137. The number of rotatable bonds is 16. The van der Waals surface area contributed by atoms with Gasteiger partial charge in [-0.3, -0.25) is 24.0 Å². The monoisotopic (exact) mass is 929 g/mol. The number of esters is 1. The van der Waals surface area contributed by atoms with Gasteiger partial charge in [-0.1, -0.05) is 38.1 Å². The molecule has 6 N–H and O–H groups in total. The standard InChI is InChI=1S/C47H76N8O11/c1-12-37-47(8)40(55(45(61)66-47)21-14-13-20-54-26-35(51-52-54)32-16-15-17-33(48)23-32)34(18-19-49-31(6)42(58)59)50-25-27(2)24-46(7,62-11)41(29(4)38(56)30(5)43(60)64-37)65-44-39(57)36(53(9)10)22-28(3)63-44/h15-17,23,26-31,34,36-37,39-41,44,49-50,57H,12-14,18-22,24-25,48H2,1-11H3,(H,58,59)/t27-,28-,29+,30-,31+,34-,36?,37-,39?,40-,41-,44+,46-,47-/m1/s1. The van der Waals surface area contributed by atoms with Gasteiger partial charge < -0.3 is 55.2 Å². The van der Waals surface area contributed by atoms with E-state index in [9.17, 15) is 29.4 Å². The number of ether oxygens (including phenoxy) is 5. The fourth-order valence-corrected chi connectivity index (χ4v) is 10.1. The van der Waals surface area contributed by atoms with Gasteiger partial charge in [0.15, 0.2) is 17.7 Å². The van der Waals surface area contributed by atoms with Crippen molar-refractivity contribution in [3.63, 3.8) is 0 Å². The number of nitrogens with one attached hydrogen (secondary N) is 2. The van der Waals surface area contributed by atoms with E-state index < -0.39 is 89.6 Å². The highest BCUT2D eigenvalue weighted by atomic mass is 16.7. The summed E-state index contributed by atoms with van der Waals surface area (Å²) in [7, 11) is 5.32. The van der Waals surface area contributed by atoms with Crippen LogP contribution in [0.3, 0.4) is 0 Å². The highest BCUT2D eigenvalue weighted by molar-refractivity contribution is 6.00. The van der Waals surface area contributed by atoms with Crippen LogP contribution in [0.5, 0.6) is 0 Å². The minimum Gasteiger partial charge on any atom is -0.480 e. The highest BCUT2D eigenvalue weighted by Gasteiger charge is 2.59. The molecule has 3 fully saturated rings. The topological polar surface area (TPSA) is 242 Å². The van der Waals surface area contributed by atoms with E-state index in [1.807, 2.05) is 71.1 Å². The van der Waals surface area contributed by atoms with E-state index >= 15 is 0 Å². The molecule has 370 valence electrons. The molecule has 0 aliphatic carbocycles. The summed E-state index contributed by atoms with van der Waals surface area (Å²) >= 11 is 0. The summed E-state index contributed by atoms with van der Waals surface area (Å²) in [6.07, 6.45) is -0.274. The molecule has 5 rings (SSSR count). The number of nitrogens with two attached hydrogens (primary N) is 1. The van der Waals surface area contributed by atoms with E-state index in [4.69, 9.17) is 29.4 Å². The lowest BCUT2D eigenvalue weighted by Crippen LogP contribution is -2.62. The summed E-state index contributed by atoms with van der Waals surface area (Å²) in [6, 6.07) is 5.11. The third kappa shape index (κ3) is 12.3. The third-order valence-electron chi connectivity index (χ3n) is 13.9. The fraction of sp³-hybridized carbons (Fsp3) is 0.745. The lowest BCUT2D eigenvalue weighted by molar-refractivity contribution is -0.295. The van der Waals surface area contributed by atoms with Crippen LogP contribution >= 0.6 is 0 Å². The Kier molecular flexibility index (Phi) is 18.1. The van der Waals surface area contributed by atoms with Crippen LogP contribution in [-0.2, 0) is 44.6 Å². The van der Waals surface area contributed by atoms with Crippen LogP contribution in [0, 0.1) is 17.8 Å². The molecule has 14 atom stereocenters. The number of aliphatic hydroxyl groups excluding tert-OH is 1. The summed E-state index contributed by atoms with van der Waals surface area (Å²) in [4.78, 5) is 58.5. The molecule has 0 bridgehead atoms. The molecule has 3 saturated heterocycles. The maximum atomic E-state index is 14.5. The first kappa shape index (κ1) is 52.7. The van der Waals surface area contributed by atoms with Gasteiger partial charge in [-0.25, -0.2) is 4.79 Å². The quantitative estimate of drug-likeness (QED) is 0.0697. The maximum absolute atomic E-state index is 14.5. The van der Waals surface area contributed by atoms with E-state index in [2.05, 4.69) is 20.9 Å². The van der Waals surface area contributed by atoms with Crippen molar-refractivity contribution in [1.82, 2.24) is 35.4 Å². The number of aliphatic carboxylic acids is 1. The number of carboxylic acid groups (broad SMARTS) is 1. The molecule has 0 saturated carbocycles. The molecule has 1 aromatic heterocycles. The Morgan fingerprint density at radius 2 is 1.85 bits per heavy atom. The number of ketones is 1. The van der Waals surface area contributed by atoms with Crippen molar-refractivity contribution >= 4 is 29.5 Å². The van der Waals surface area contributed by atoms with Crippen LogP contribution < -0.4 is 16.4 Å². The summed E-state index contributed by atoms with van der Waals surface area (Å²) in [6.45, 7) is 15.7. The lowest BCUT2D eigenvalue weighted by Gasteiger charge is -2.46. The number of unbranched alkanes of at least 4 members (excludes halogenated alkanes) is 1. The molecule has 4 heterocycles. The van der Waals surface area contributed by atoms with Crippen molar-refractivity contribution in [3.05, 3.63) is 30.5 Å². The molecular weight excluding hydrogens is 853 g/mol. The zero-order valence-corrected chi connectivity index (χ0v) is 40.8. The number of amides is 1. The third-order valence-corrected chi connectivity index (χ3v) is 13.9. The van der Waals surface area contributed by atoms with Gasteiger partial charge in [0.2, 0.25) is 0 Å². The fourth-order valence-electron chi connectivity index (χ4n) is 10.1. The number of aliphatic hydroxyl groups is 1. The predicted octanol–water partition coefficient (Wildman–Crippen LogP) is 3.72. The molecule has 19 heteroatoms. The number of hydrogen-bond acceptors (Lipinski definition) is 16. The number of carbonyl (C=O) groups excluding carboxylic acids is 3. The van der Waals surface area contributed by atoms with Gasteiger partial charge in [0, 0.05) is 49.5 Å². The normalized spacial score (nSPS) is 34.3. The van der Waals surface area contributed by atoms with Crippen LogP contribution in [0.15, 0.2) is 30.5 Å². The Morgan fingerprint density at radius 3 is 2.50 bits per heavy atom. The molecule has 19 nitrogen and oxygen atoms in total. The molecule has 0 spiro atoms. The van der Waals surface area contributed by atoms with Gasteiger partial charge in [-0.15, -0.1) is 5.10 Å². The van der Waals surface area contributed by atoms with Crippen molar-refractivity contribution in [1.29, 1.82) is 0 Å². The lowest BCUT2D eigenvalue weighted by atomic mass is 9.78. The number of cyclic esters (lactones) is 1. The molecule has 2 aromatic rings. The number of nitrogen functional groups attached to an aromatic ring is 1. The summed E-state index contributed by atoms with van der Waals surface area (Å²) in [5.74, 6) is -4.54.